The van der Waals surface area contributed by atoms with Crippen LogP contribution in [0.1, 0.15) is 23.2 Å². The summed E-state index contributed by atoms with van der Waals surface area (Å²) in [5.41, 5.74) is 2.79. The zero-order valence-corrected chi connectivity index (χ0v) is 10.5. The fourth-order valence-corrected chi connectivity index (χ4v) is 2.38. The van der Waals surface area contributed by atoms with E-state index in [1.807, 2.05) is 35.6 Å². The van der Waals surface area contributed by atoms with E-state index in [9.17, 15) is 5.11 Å². The minimum absolute atomic E-state index is 0.505. The second kappa shape index (κ2) is 4.15. The van der Waals surface area contributed by atoms with Gasteiger partial charge in [0.2, 0.25) is 0 Å². The minimum atomic E-state index is -0.826. The number of fused-ring (bicyclic) bond motifs is 1. The third-order valence-corrected chi connectivity index (χ3v) is 3.35. The molecule has 3 rings (SSSR count). The lowest BCUT2D eigenvalue weighted by Crippen LogP contribution is -2.08. The van der Waals surface area contributed by atoms with E-state index in [4.69, 9.17) is 11.6 Å². The summed E-state index contributed by atoms with van der Waals surface area (Å²) in [4.78, 5) is 6.98. The number of halogens is 1. The van der Waals surface area contributed by atoms with Gasteiger partial charge in [-0.05, 0) is 30.7 Å². The highest BCUT2D eigenvalue weighted by Gasteiger charge is 2.17. The Hall–Kier alpha value is -1.78. The molecule has 1 atom stereocenters. The number of nitrogens with one attached hydrogen (secondary N) is 1. The van der Waals surface area contributed by atoms with Gasteiger partial charge in [-0.1, -0.05) is 17.7 Å². The lowest BCUT2D eigenvalue weighted by Gasteiger charge is -2.13. The minimum Gasteiger partial charge on any atom is -0.379 e. The monoisotopic (exact) mass is 261 g/mol. The van der Waals surface area contributed by atoms with Gasteiger partial charge in [-0.25, -0.2) is 4.98 Å². The second-order valence-corrected chi connectivity index (χ2v) is 4.58. The number of imidazole rings is 1. The van der Waals surface area contributed by atoms with Crippen molar-refractivity contribution in [2.75, 3.05) is 0 Å². The van der Waals surface area contributed by atoms with Crippen LogP contribution in [0, 0.1) is 6.92 Å². The van der Waals surface area contributed by atoms with Crippen LogP contribution < -0.4 is 0 Å². The van der Waals surface area contributed by atoms with E-state index in [2.05, 4.69) is 9.97 Å². The molecule has 3 aromatic rings. The average Bonchev–Trinajstić information content (AvgIpc) is 3.00. The van der Waals surface area contributed by atoms with Crippen LogP contribution >= 0.6 is 11.6 Å². The normalized spacial score (nSPS) is 13.1. The van der Waals surface area contributed by atoms with Gasteiger partial charge in [-0.15, -0.1) is 0 Å². The molecule has 2 N–H and O–H groups in total. The Kier molecular flexibility index (Phi) is 2.61. The fraction of sp³-hybridized carbons (Fsp3) is 0.154. The summed E-state index contributed by atoms with van der Waals surface area (Å²) >= 11 is 6.18. The predicted octanol–water partition coefficient (Wildman–Crippen LogP) is 2.71. The second-order valence-electron chi connectivity index (χ2n) is 4.19. The first kappa shape index (κ1) is 11.3. The van der Waals surface area contributed by atoms with Gasteiger partial charge in [0, 0.05) is 17.9 Å². The molecule has 0 aliphatic heterocycles. The maximum Gasteiger partial charge on any atom is 0.152 e. The van der Waals surface area contributed by atoms with Crippen molar-refractivity contribution in [1.82, 2.24) is 14.4 Å². The Balaban J connectivity index is 2.23. The molecule has 0 spiro atoms. The van der Waals surface area contributed by atoms with Crippen LogP contribution in [0.4, 0.5) is 0 Å². The van der Waals surface area contributed by atoms with Crippen LogP contribution in [-0.2, 0) is 0 Å². The summed E-state index contributed by atoms with van der Waals surface area (Å²) in [7, 11) is 0. The summed E-state index contributed by atoms with van der Waals surface area (Å²) in [5, 5.41) is 10.9. The van der Waals surface area contributed by atoms with E-state index in [0.29, 0.717) is 16.7 Å². The molecular formula is C13H12ClN3O. The van der Waals surface area contributed by atoms with Crippen molar-refractivity contribution < 1.29 is 5.11 Å². The predicted molar refractivity (Wildman–Crippen MR) is 69.8 cm³/mol. The molecule has 0 saturated heterocycles. The van der Waals surface area contributed by atoms with E-state index in [1.54, 1.807) is 12.4 Å². The van der Waals surface area contributed by atoms with E-state index in [0.717, 1.165) is 11.1 Å². The number of aliphatic hydroxyl groups is 1. The number of nitrogens with zero attached hydrogens (tertiary/aromatic N) is 2. The number of pyridine rings is 1. The molecule has 0 fully saturated rings. The molecule has 0 aliphatic carbocycles. The number of rotatable bonds is 2. The standard InChI is InChI=1S/C13H12ClN3O/c1-8-2-3-10(12(18)13-15-6-7-16-13)17-9(8)4-5-11(17)14/h2-7,12,18H,1H3,(H,15,16). The Morgan fingerprint density at radius 3 is 2.89 bits per heavy atom. The van der Waals surface area contributed by atoms with E-state index >= 15 is 0 Å². The number of aromatic nitrogens is 3. The van der Waals surface area contributed by atoms with Crippen molar-refractivity contribution in [3.05, 3.63) is 58.9 Å². The van der Waals surface area contributed by atoms with Crippen LogP contribution in [-0.4, -0.2) is 19.5 Å². The molecule has 1 unspecified atom stereocenters. The molecule has 0 saturated carbocycles. The van der Waals surface area contributed by atoms with Crippen LogP contribution in [0.25, 0.3) is 5.52 Å². The SMILES string of the molecule is Cc1ccc(C(O)c2ncc[nH]2)n2c(Cl)ccc12. The number of H-pyrrole nitrogens is 1. The number of aromatic amines is 1. The van der Waals surface area contributed by atoms with Crippen LogP contribution in [0.5, 0.6) is 0 Å². The zero-order valence-electron chi connectivity index (χ0n) is 9.76. The summed E-state index contributed by atoms with van der Waals surface area (Å²) in [5.74, 6) is 0.505. The molecule has 0 bridgehead atoms. The van der Waals surface area contributed by atoms with E-state index in [1.165, 1.54) is 0 Å². The fourth-order valence-electron chi connectivity index (χ4n) is 2.13. The smallest absolute Gasteiger partial charge is 0.152 e. The molecule has 3 heterocycles. The van der Waals surface area contributed by atoms with Crippen LogP contribution in [0.2, 0.25) is 5.15 Å². The molecule has 0 aromatic carbocycles. The van der Waals surface area contributed by atoms with Gasteiger partial charge in [0.05, 0.1) is 5.69 Å². The molecule has 4 nitrogen and oxygen atoms in total. The number of hydrogen-bond donors (Lipinski definition) is 2. The van der Waals surface area contributed by atoms with Gasteiger partial charge < -0.3 is 14.5 Å². The number of hydrogen-bond acceptors (Lipinski definition) is 2. The summed E-state index contributed by atoms with van der Waals surface area (Å²) < 4.78 is 1.84. The quantitative estimate of drug-likeness (QED) is 0.745. The molecule has 3 aromatic heterocycles. The van der Waals surface area contributed by atoms with Crippen molar-refractivity contribution in [2.24, 2.45) is 0 Å². The van der Waals surface area contributed by atoms with Crippen molar-refractivity contribution in [2.45, 2.75) is 13.0 Å². The average molecular weight is 262 g/mol. The molecule has 0 radical (unpaired) electrons. The topological polar surface area (TPSA) is 53.3 Å². The Bertz CT molecular complexity index is 688. The molecular weight excluding hydrogens is 250 g/mol. The third kappa shape index (κ3) is 1.62. The van der Waals surface area contributed by atoms with Crippen molar-refractivity contribution in [3.8, 4) is 0 Å². The van der Waals surface area contributed by atoms with Gasteiger partial charge in [-0.2, -0.15) is 0 Å². The van der Waals surface area contributed by atoms with Crippen LogP contribution in [0.15, 0.2) is 36.7 Å². The highest BCUT2D eigenvalue weighted by Crippen LogP contribution is 2.26. The largest absolute Gasteiger partial charge is 0.379 e. The van der Waals surface area contributed by atoms with Crippen LogP contribution in [0.3, 0.4) is 0 Å². The van der Waals surface area contributed by atoms with Crippen molar-refractivity contribution >= 4 is 17.1 Å². The van der Waals surface area contributed by atoms with Gasteiger partial charge in [0.15, 0.2) is 6.10 Å². The van der Waals surface area contributed by atoms with Gasteiger partial charge in [0.25, 0.3) is 0 Å². The zero-order chi connectivity index (χ0) is 12.7. The highest BCUT2D eigenvalue weighted by atomic mass is 35.5. The first-order valence-corrected chi connectivity index (χ1v) is 6.00. The van der Waals surface area contributed by atoms with Crippen molar-refractivity contribution in [1.29, 1.82) is 0 Å². The Labute approximate surface area is 109 Å². The Morgan fingerprint density at radius 1 is 1.33 bits per heavy atom. The maximum absolute atomic E-state index is 10.3. The van der Waals surface area contributed by atoms with E-state index in [-0.39, 0.29) is 0 Å². The van der Waals surface area contributed by atoms with Gasteiger partial charge >= 0.3 is 0 Å². The molecule has 92 valence electrons. The molecule has 0 amide bonds. The number of aryl methyl sites for hydroxylation is 1. The molecule has 18 heavy (non-hydrogen) atoms. The third-order valence-electron chi connectivity index (χ3n) is 3.06. The van der Waals surface area contributed by atoms with Gasteiger partial charge in [0.1, 0.15) is 11.0 Å². The maximum atomic E-state index is 10.3. The summed E-state index contributed by atoms with van der Waals surface area (Å²) in [6.45, 7) is 2.01. The molecule has 0 aliphatic rings. The van der Waals surface area contributed by atoms with Crippen molar-refractivity contribution in [3.63, 3.8) is 0 Å². The summed E-state index contributed by atoms with van der Waals surface area (Å²) in [6, 6.07) is 7.59. The van der Waals surface area contributed by atoms with Gasteiger partial charge in [-0.3, -0.25) is 0 Å². The van der Waals surface area contributed by atoms with E-state index < -0.39 is 6.10 Å². The highest BCUT2D eigenvalue weighted by molar-refractivity contribution is 6.30. The first-order chi connectivity index (χ1) is 8.68. The summed E-state index contributed by atoms with van der Waals surface area (Å²) in [6.07, 6.45) is 2.47. The lowest BCUT2D eigenvalue weighted by molar-refractivity contribution is 0.204. The molecule has 5 heteroatoms. The lowest BCUT2D eigenvalue weighted by atomic mass is 10.1. The Morgan fingerprint density at radius 2 is 2.17 bits per heavy atom. The number of aliphatic hydroxyl groups excluding tert-OH is 1. The first-order valence-electron chi connectivity index (χ1n) is 5.62.